The number of benzene rings is 1. The van der Waals surface area contributed by atoms with Gasteiger partial charge < -0.3 is 10.4 Å². The fourth-order valence-electron chi connectivity index (χ4n) is 1.22. The third-order valence-corrected chi connectivity index (χ3v) is 3.05. The number of halogens is 1. The first kappa shape index (κ1) is 12.3. The van der Waals surface area contributed by atoms with Crippen LogP contribution in [-0.4, -0.2) is 11.1 Å². The topological polar surface area (TPSA) is 32.3 Å². The number of rotatable bonds is 4. The number of nitrogens with one attached hydrogen (secondary N) is 1. The summed E-state index contributed by atoms with van der Waals surface area (Å²) in [6, 6.07) is 5.59. The van der Waals surface area contributed by atoms with E-state index in [4.69, 9.17) is 11.6 Å². The predicted octanol–water partition coefficient (Wildman–Crippen LogP) is 3.18. The SMILES string of the molecule is CC(C)C(C)NCc1c(O)cccc1Cl. The van der Waals surface area contributed by atoms with Gasteiger partial charge >= 0.3 is 0 Å². The second-order valence-electron chi connectivity index (χ2n) is 4.15. The Morgan fingerprint density at radius 1 is 1.33 bits per heavy atom. The maximum Gasteiger partial charge on any atom is 0.121 e. The number of hydrogen-bond acceptors (Lipinski definition) is 2. The zero-order valence-electron chi connectivity index (χ0n) is 9.42. The molecule has 1 rings (SSSR count). The lowest BCUT2D eigenvalue weighted by molar-refractivity contribution is 0.415. The Balaban J connectivity index is 2.65. The number of hydrogen-bond donors (Lipinski definition) is 2. The fourth-order valence-corrected chi connectivity index (χ4v) is 1.46. The molecule has 0 fully saturated rings. The van der Waals surface area contributed by atoms with Gasteiger partial charge in [-0.2, -0.15) is 0 Å². The van der Waals surface area contributed by atoms with Crippen LogP contribution in [0.25, 0.3) is 0 Å². The standard InChI is InChI=1S/C12H18ClNO/c1-8(2)9(3)14-7-10-11(13)5-4-6-12(10)15/h4-6,8-9,14-15H,7H2,1-3H3. The Labute approximate surface area is 96.3 Å². The molecule has 0 aliphatic heterocycles. The van der Waals surface area contributed by atoms with Gasteiger partial charge in [-0.1, -0.05) is 31.5 Å². The van der Waals surface area contributed by atoms with Crippen molar-refractivity contribution in [1.29, 1.82) is 0 Å². The lowest BCUT2D eigenvalue weighted by atomic mass is 10.1. The largest absolute Gasteiger partial charge is 0.508 e. The van der Waals surface area contributed by atoms with Crippen molar-refractivity contribution in [2.75, 3.05) is 0 Å². The molecule has 0 aromatic heterocycles. The number of phenols is 1. The van der Waals surface area contributed by atoms with E-state index >= 15 is 0 Å². The highest BCUT2D eigenvalue weighted by Crippen LogP contribution is 2.25. The van der Waals surface area contributed by atoms with E-state index in [0.29, 0.717) is 23.5 Å². The van der Waals surface area contributed by atoms with E-state index in [9.17, 15) is 5.11 Å². The highest BCUT2D eigenvalue weighted by atomic mass is 35.5. The van der Waals surface area contributed by atoms with Crippen LogP contribution in [0.4, 0.5) is 0 Å². The summed E-state index contributed by atoms with van der Waals surface area (Å²) in [6.45, 7) is 7.04. The van der Waals surface area contributed by atoms with Crippen molar-refractivity contribution in [3.63, 3.8) is 0 Å². The summed E-state index contributed by atoms with van der Waals surface area (Å²) < 4.78 is 0. The van der Waals surface area contributed by atoms with Crippen molar-refractivity contribution in [3.8, 4) is 5.75 Å². The van der Waals surface area contributed by atoms with Gasteiger partial charge in [-0.25, -0.2) is 0 Å². The van der Waals surface area contributed by atoms with E-state index in [1.807, 2.05) is 0 Å². The molecule has 3 heteroatoms. The fraction of sp³-hybridized carbons (Fsp3) is 0.500. The van der Waals surface area contributed by atoms with Crippen molar-refractivity contribution in [3.05, 3.63) is 28.8 Å². The summed E-state index contributed by atoms with van der Waals surface area (Å²) in [7, 11) is 0. The summed E-state index contributed by atoms with van der Waals surface area (Å²) in [4.78, 5) is 0. The minimum atomic E-state index is 0.256. The molecule has 0 aliphatic rings. The summed E-state index contributed by atoms with van der Waals surface area (Å²) in [5, 5.41) is 13.6. The highest BCUT2D eigenvalue weighted by molar-refractivity contribution is 6.31. The third-order valence-electron chi connectivity index (χ3n) is 2.69. The van der Waals surface area contributed by atoms with Gasteiger partial charge in [-0.15, -0.1) is 0 Å². The zero-order valence-corrected chi connectivity index (χ0v) is 10.2. The molecule has 1 unspecified atom stereocenters. The quantitative estimate of drug-likeness (QED) is 0.828. The average molecular weight is 228 g/mol. The van der Waals surface area contributed by atoms with Gasteiger partial charge in [0, 0.05) is 23.2 Å². The second-order valence-corrected chi connectivity index (χ2v) is 4.56. The number of phenolic OH excluding ortho intramolecular Hbond substituents is 1. The maximum absolute atomic E-state index is 9.62. The molecule has 84 valence electrons. The van der Waals surface area contributed by atoms with Gasteiger partial charge in [0.2, 0.25) is 0 Å². The van der Waals surface area contributed by atoms with Gasteiger partial charge in [-0.05, 0) is 25.0 Å². The Bertz CT molecular complexity index is 305. The molecule has 1 aromatic carbocycles. The van der Waals surface area contributed by atoms with E-state index in [-0.39, 0.29) is 5.75 Å². The first-order valence-corrected chi connectivity index (χ1v) is 5.60. The first-order valence-electron chi connectivity index (χ1n) is 5.22. The van der Waals surface area contributed by atoms with E-state index < -0.39 is 0 Å². The monoisotopic (exact) mass is 227 g/mol. The lowest BCUT2D eigenvalue weighted by Crippen LogP contribution is -2.30. The van der Waals surface area contributed by atoms with Crippen LogP contribution in [-0.2, 0) is 6.54 Å². The minimum absolute atomic E-state index is 0.256. The van der Waals surface area contributed by atoms with Crippen molar-refractivity contribution < 1.29 is 5.11 Å². The third kappa shape index (κ3) is 3.40. The van der Waals surface area contributed by atoms with Crippen LogP contribution >= 0.6 is 11.6 Å². The van der Waals surface area contributed by atoms with Crippen LogP contribution < -0.4 is 5.32 Å². The molecule has 0 heterocycles. The summed E-state index contributed by atoms with van der Waals surface area (Å²) in [5.74, 6) is 0.820. The van der Waals surface area contributed by atoms with Crippen LogP contribution in [0.15, 0.2) is 18.2 Å². The average Bonchev–Trinajstić information content (AvgIpc) is 2.16. The molecule has 0 saturated heterocycles. The molecule has 0 radical (unpaired) electrons. The second kappa shape index (κ2) is 5.38. The van der Waals surface area contributed by atoms with Crippen molar-refractivity contribution in [1.82, 2.24) is 5.32 Å². The Hall–Kier alpha value is -0.730. The summed E-state index contributed by atoms with van der Waals surface area (Å²) in [6.07, 6.45) is 0. The van der Waals surface area contributed by atoms with E-state index in [0.717, 1.165) is 5.56 Å². The zero-order chi connectivity index (χ0) is 11.4. The summed E-state index contributed by atoms with van der Waals surface area (Å²) in [5.41, 5.74) is 0.770. The molecular formula is C12H18ClNO. The van der Waals surface area contributed by atoms with E-state index in [1.54, 1.807) is 18.2 Å². The van der Waals surface area contributed by atoms with Gasteiger partial charge in [0.25, 0.3) is 0 Å². The Kier molecular flexibility index (Phi) is 4.43. The van der Waals surface area contributed by atoms with Crippen molar-refractivity contribution in [2.24, 2.45) is 5.92 Å². The molecule has 0 bridgehead atoms. The molecule has 0 saturated carbocycles. The Morgan fingerprint density at radius 3 is 2.53 bits per heavy atom. The minimum Gasteiger partial charge on any atom is -0.508 e. The molecule has 0 amide bonds. The molecule has 1 aromatic rings. The maximum atomic E-state index is 9.62. The van der Waals surface area contributed by atoms with Crippen LogP contribution in [0.3, 0.4) is 0 Å². The van der Waals surface area contributed by atoms with Gasteiger partial charge in [0.15, 0.2) is 0 Å². The molecule has 0 spiro atoms. The molecule has 1 atom stereocenters. The highest BCUT2D eigenvalue weighted by Gasteiger charge is 2.09. The van der Waals surface area contributed by atoms with E-state index in [1.165, 1.54) is 0 Å². The first-order chi connectivity index (χ1) is 7.02. The van der Waals surface area contributed by atoms with Crippen molar-refractivity contribution in [2.45, 2.75) is 33.4 Å². The molecule has 15 heavy (non-hydrogen) atoms. The molecule has 0 aliphatic carbocycles. The normalized spacial score (nSPS) is 13.1. The van der Waals surface area contributed by atoms with Gasteiger partial charge in [0.1, 0.15) is 5.75 Å². The van der Waals surface area contributed by atoms with Crippen LogP contribution in [0.1, 0.15) is 26.3 Å². The lowest BCUT2D eigenvalue weighted by Gasteiger charge is -2.18. The Morgan fingerprint density at radius 2 is 2.00 bits per heavy atom. The van der Waals surface area contributed by atoms with Crippen molar-refractivity contribution >= 4 is 11.6 Å². The molecular weight excluding hydrogens is 210 g/mol. The van der Waals surface area contributed by atoms with Crippen LogP contribution in [0.2, 0.25) is 5.02 Å². The van der Waals surface area contributed by atoms with Gasteiger partial charge in [-0.3, -0.25) is 0 Å². The molecule has 2 N–H and O–H groups in total. The van der Waals surface area contributed by atoms with Crippen LogP contribution in [0.5, 0.6) is 5.75 Å². The summed E-state index contributed by atoms with van der Waals surface area (Å²) >= 11 is 5.99. The smallest absolute Gasteiger partial charge is 0.121 e. The van der Waals surface area contributed by atoms with Gasteiger partial charge in [0.05, 0.1) is 0 Å². The number of aromatic hydroxyl groups is 1. The van der Waals surface area contributed by atoms with Crippen LogP contribution in [0, 0.1) is 5.92 Å². The molecule has 2 nitrogen and oxygen atoms in total. The van der Waals surface area contributed by atoms with E-state index in [2.05, 4.69) is 26.1 Å². The predicted molar refractivity (Wildman–Crippen MR) is 64.3 cm³/mol.